The van der Waals surface area contributed by atoms with E-state index in [4.69, 9.17) is 23.8 Å². The number of aryl methyl sites for hydroxylation is 1. The van der Waals surface area contributed by atoms with Crippen molar-refractivity contribution in [3.05, 3.63) is 92.8 Å². The second kappa shape index (κ2) is 8.37. The van der Waals surface area contributed by atoms with Crippen molar-refractivity contribution < 1.29 is 14.5 Å². The molecular formula is C22H15ClN4O4S. The van der Waals surface area contributed by atoms with Gasteiger partial charge in [-0.05, 0) is 61.1 Å². The van der Waals surface area contributed by atoms with Crippen LogP contribution in [0.5, 0.6) is 0 Å². The molecule has 1 aromatic heterocycles. The number of carbonyl (C=O) groups excluding carboxylic acids is 2. The summed E-state index contributed by atoms with van der Waals surface area (Å²) in [7, 11) is 0. The summed E-state index contributed by atoms with van der Waals surface area (Å²) in [6.07, 6.45) is 3.10. The highest BCUT2D eigenvalue weighted by molar-refractivity contribution is 7.80. The molecule has 2 heterocycles. The number of amides is 2. The maximum atomic E-state index is 13.2. The highest BCUT2D eigenvalue weighted by Gasteiger charge is 2.34. The Bertz CT molecular complexity index is 1330. The fourth-order valence-corrected chi connectivity index (χ4v) is 3.72. The summed E-state index contributed by atoms with van der Waals surface area (Å²) in [6.45, 7) is 1.83. The highest BCUT2D eigenvalue weighted by atomic mass is 35.5. The van der Waals surface area contributed by atoms with Crippen LogP contribution in [0.15, 0.2) is 66.4 Å². The largest absolute Gasteiger partial charge is 0.317 e. The Kier molecular flexibility index (Phi) is 5.60. The minimum absolute atomic E-state index is 0.0499. The molecule has 2 amide bonds. The number of aromatic nitrogens is 1. The summed E-state index contributed by atoms with van der Waals surface area (Å²) in [6, 6.07) is 14.5. The first kappa shape index (κ1) is 21.4. The number of halogens is 1. The first-order chi connectivity index (χ1) is 15.3. The lowest BCUT2D eigenvalue weighted by Gasteiger charge is -2.29. The van der Waals surface area contributed by atoms with Gasteiger partial charge in [0, 0.05) is 29.0 Å². The topological polar surface area (TPSA) is 97.5 Å². The molecule has 0 aliphatic carbocycles. The summed E-state index contributed by atoms with van der Waals surface area (Å²) in [5.74, 6) is -1.24. The lowest BCUT2D eigenvalue weighted by atomic mass is 10.1. The summed E-state index contributed by atoms with van der Waals surface area (Å²) in [4.78, 5) is 37.6. The molecule has 1 saturated heterocycles. The molecule has 1 aliphatic rings. The number of nitrogens with zero attached hydrogens (tertiary/aromatic N) is 3. The zero-order chi connectivity index (χ0) is 23.0. The van der Waals surface area contributed by atoms with Gasteiger partial charge in [0.25, 0.3) is 17.5 Å². The number of carbonyl (C=O) groups is 2. The van der Waals surface area contributed by atoms with Gasteiger partial charge in [0.05, 0.1) is 16.3 Å². The van der Waals surface area contributed by atoms with Crippen molar-refractivity contribution >= 4 is 58.2 Å². The molecule has 0 bridgehead atoms. The van der Waals surface area contributed by atoms with Gasteiger partial charge in [0.1, 0.15) is 5.57 Å². The van der Waals surface area contributed by atoms with E-state index in [9.17, 15) is 19.7 Å². The molecule has 10 heteroatoms. The summed E-state index contributed by atoms with van der Waals surface area (Å²) < 4.78 is 1.64. The van der Waals surface area contributed by atoms with E-state index in [1.54, 1.807) is 53.2 Å². The first-order valence-electron chi connectivity index (χ1n) is 9.36. The van der Waals surface area contributed by atoms with Gasteiger partial charge >= 0.3 is 0 Å². The Morgan fingerprint density at radius 3 is 2.59 bits per heavy atom. The van der Waals surface area contributed by atoms with Gasteiger partial charge in [-0.15, -0.1) is 0 Å². The Morgan fingerprint density at radius 2 is 1.88 bits per heavy atom. The third-order valence-corrected chi connectivity index (χ3v) is 5.60. The molecule has 0 radical (unpaired) electrons. The monoisotopic (exact) mass is 466 g/mol. The molecule has 1 fully saturated rings. The average Bonchev–Trinajstić information content (AvgIpc) is 3.22. The van der Waals surface area contributed by atoms with Gasteiger partial charge in [-0.2, -0.15) is 0 Å². The van der Waals surface area contributed by atoms with Crippen molar-refractivity contribution in [1.29, 1.82) is 0 Å². The molecule has 3 aromatic rings. The van der Waals surface area contributed by atoms with Crippen LogP contribution < -0.4 is 10.2 Å². The first-order valence-corrected chi connectivity index (χ1v) is 10.1. The number of hydrogen-bond acceptors (Lipinski definition) is 5. The Morgan fingerprint density at radius 1 is 1.09 bits per heavy atom. The van der Waals surface area contributed by atoms with E-state index in [1.807, 2.05) is 6.92 Å². The van der Waals surface area contributed by atoms with Crippen LogP contribution in [0.4, 0.5) is 11.4 Å². The van der Waals surface area contributed by atoms with E-state index in [1.165, 1.54) is 23.1 Å². The lowest BCUT2D eigenvalue weighted by molar-refractivity contribution is -0.384. The minimum Gasteiger partial charge on any atom is -0.317 e. The second-order valence-electron chi connectivity index (χ2n) is 6.97. The van der Waals surface area contributed by atoms with E-state index in [2.05, 4.69) is 5.32 Å². The van der Waals surface area contributed by atoms with Gasteiger partial charge < -0.3 is 4.57 Å². The SMILES string of the molecule is Cc1ccc(N2C(=O)/C(=C/c3cccn3-c3cccc([N+](=O)[O-])c3)C(=O)NC2=S)cc1Cl. The smallest absolute Gasteiger partial charge is 0.271 e. The van der Waals surface area contributed by atoms with Crippen molar-refractivity contribution in [1.82, 2.24) is 9.88 Å². The fourth-order valence-electron chi connectivity index (χ4n) is 3.26. The Labute approximate surface area is 192 Å². The highest BCUT2D eigenvalue weighted by Crippen LogP contribution is 2.27. The summed E-state index contributed by atoms with van der Waals surface area (Å²) in [5.41, 5.74) is 2.04. The zero-order valence-corrected chi connectivity index (χ0v) is 18.2. The zero-order valence-electron chi connectivity index (χ0n) is 16.6. The molecule has 0 saturated carbocycles. The third-order valence-electron chi connectivity index (χ3n) is 4.91. The number of nitro groups is 1. The van der Waals surface area contributed by atoms with Crippen molar-refractivity contribution in [3.63, 3.8) is 0 Å². The number of thiocarbonyl (C=S) groups is 1. The molecule has 2 aromatic carbocycles. The van der Waals surface area contributed by atoms with Crippen LogP contribution in [0, 0.1) is 17.0 Å². The van der Waals surface area contributed by atoms with Crippen molar-refractivity contribution in [3.8, 4) is 5.69 Å². The molecule has 0 spiro atoms. The molecule has 0 unspecified atom stereocenters. The lowest BCUT2D eigenvalue weighted by Crippen LogP contribution is -2.54. The number of anilines is 1. The van der Waals surface area contributed by atoms with Gasteiger partial charge in [-0.3, -0.25) is 29.9 Å². The van der Waals surface area contributed by atoms with E-state index < -0.39 is 16.7 Å². The van der Waals surface area contributed by atoms with Gasteiger partial charge in [0.15, 0.2) is 5.11 Å². The number of non-ortho nitro benzene ring substituents is 1. The maximum absolute atomic E-state index is 13.2. The molecule has 32 heavy (non-hydrogen) atoms. The molecular weight excluding hydrogens is 452 g/mol. The average molecular weight is 467 g/mol. The summed E-state index contributed by atoms with van der Waals surface area (Å²) in [5, 5.41) is 14.1. The van der Waals surface area contributed by atoms with Crippen molar-refractivity contribution in [2.24, 2.45) is 0 Å². The molecule has 8 nitrogen and oxygen atoms in total. The standard InChI is InChI=1S/C22H15ClN4O4S/c1-13-7-8-16(12-19(13)23)26-21(29)18(20(28)24-22(26)32)11-15-6-3-9-25(15)14-4-2-5-17(10-14)27(30)31/h2-12H,1H3,(H,24,28,32)/b18-11+. The van der Waals surface area contributed by atoms with Crippen molar-refractivity contribution in [2.45, 2.75) is 6.92 Å². The number of benzene rings is 2. The van der Waals surface area contributed by atoms with E-state index in [0.29, 0.717) is 22.1 Å². The van der Waals surface area contributed by atoms with Crippen LogP contribution >= 0.6 is 23.8 Å². The van der Waals surface area contributed by atoms with Crippen molar-refractivity contribution in [2.75, 3.05) is 4.90 Å². The Balaban J connectivity index is 1.75. The van der Waals surface area contributed by atoms with Gasteiger partial charge in [-0.1, -0.05) is 23.7 Å². The molecule has 4 rings (SSSR count). The van der Waals surface area contributed by atoms with E-state index in [-0.39, 0.29) is 16.4 Å². The van der Waals surface area contributed by atoms with Crippen LogP contribution in [-0.4, -0.2) is 26.4 Å². The van der Waals surface area contributed by atoms with E-state index >= 15 is 0 Å². The van der Waals surface area contributed by atoms with Crippen LogP contribution in [0.1, 0.15) is 11.3 Å². The quantitative estimate of drug-likeness (QED) is 0.204. The third kappa shape index (κ3) is 3.91. The number of hydrogen-bond donors (Lipinski definition) is 1. The van der Waals surface area contributed by atoms with E-state index in [0.717, 1.165) is 5.56 Å². The molecule has 1 N–H and O–H groups in total. The fraction of sp³-hybridized carbons (Fsp3) is 0.0455. The number of nitro benzene ring substituents is 1. The van der Waals surface area contributed by atoms with Crippen LogP contribution in [-0.2, 0) is 9.59 Å². The predicted molar refractivity (Wildman–Crippen MR) is 125 cm³/mol. The normalized spacial score (nSPS) is 15.2. The summed E-state index contributed by atoms with van der Waals surface area (Å²) >= 11 is 11.4. The van der Waals surface area contributed by atoms with Gasteiger partial charge in [0.2, 0.25) is 0 Å². The molecule has 0 atom stereocenters. The second-order valence-corrected chi connectivity index (χ2v) is 7.77. The van der Waals surface area contributed by atoms with Crippen LogP contribution in [0.3, 0.4) is 0 Å². The molecule has 1 aliphatic heterocycles. The van der Waals surface area contributed by atoms with Gasteiger partial charge in [-0.25, -0.2) is 0 Å². The van der Waals surface area contributed by atoms with Crippen LogP contribution in [0.25, 0.3) is 11.8 Å². The number of nitrogens with one attached hydrogen (secondary N) is 1. The Hall–Kier alpha value is -3.82. The number of rotatable bonds is 4. The maximum Gasteiger partial charge on any atom is 0.271 e. The predicted octanol–water partition coefficient (Wildman–Crippen LogP) is 4.18. The minimum atomic E-state index is -0.638. The van der Waals surface area contributed by atoms with Crippen LogP contribution in [0.2, 0.25) is 5.02 Å². The molecule has 160 valence electrons.